The maximum Gasteiger partial charge on any atom is 0.407 e. The summed E-state index contributed by atoms with van der Waals surface area (Å²) in [6.45, 7) is 6.50. The van der Waals surface area contributed by atoms with Crippen LogP contribution in [-0.4, -0.2) is 56.5 Å². The Bertz CT molecular complexity index is 1570. The van der Waals surface area contributed by atoms with Crippen molar-refractivity contribution in [3.8, 4) is 23.1 Å². The minimum absolute atomic E-state index is 0.0797. The number of methoxy groups -OCH3 is 1. The highest BCUT2D eigenvalue weighted by Crippen LogP contribution is 2.32. The maximum atomic E-state index is 13.4. The fraction of sp³-hybridized carbons (Fsp3) is 0.355. The van der Waals surface area contributed by atoms with Gasteiger partial charge in [-0.25, -0.2) is 14.8 Å². The van der Waals surface area contributed by atoms with Crippen molar-refractivity contribution in [2.45, 2.75) is 52.1 Å². The lowest BCUT2D eigenvalue weighted by molar-refractivity contribution is -0.135. The third-order valence-corrected chi connectivity index (χ3v) is 7.25. The second kappa shape index (κ2) is 11.7. The average molecular weight is 539 g/mol. The molecule has 1 fully saturated rings. The molecule has 5 rings (SSSR count). The molecule has 0 spiro atoms. The van der Waals surface area contributed by atoms with Gasteiger partial charge in [-0.15, -0.1) is 0 Å². The molecule has 1 saturated heterocycles. The Morgan fingerprint density at radius 3 is 2.60 bits per heavy atom. The molecule has 2 atom stereocenters. The molecular weight excluding hydrogens is 504 g/mol. The minimum atomic E-state index is -0.661. The normalized spacial score (nSPS) is 15.6. The molecule has 206 valence electrons. The van der Waals surface area contributed by atoms with Gasteiger partial charge in [0, 0.05) is 24.1 Å². The molecule has 2 aromatic heterocycles. The Labute approximate surface area is 233 Å². The molecular formula is C31H34N6O3. The van der Waals surface area contributed by atoms with Gasteiger partial charge in [0.25, 0.3) is 0 Å². The molecule has 1 aliphatic rings. The van der Waals surface area contributed by atoms with Gasteiger partial charge in [-0.1, -0.05) is 44.7 Å². The number of nitrogens with one attached hydrogen (secondary N) is 3. The summed E-state index contributed by atoms with van der Waals surface area (Å²) in [4.78, 5) is 42.9. The summed E-state index contributed by atoms with van der Waals surface area (Å²) >= 11 is 0. The first-order valence-corrected chi connectivity index (χ1v) is 13.7. The van der Waals surface area contributed by atoms with Gasteiger partial charge in [-0.2, -0.15) is 0 Å². The van der Waals surface area contributed by atoms with E-state index in [2.05, 4.69) is 44.0 Å². The van der Waals surface area contributed by atoms with E-state index in [1.54, 1.807) is 6.20 Å². The molecule has 2 amide bonds. The molecule has 0 radical (unpaired) electrons. The molecule has 1 aliphatic heterocycles. The lowest BCUT2D eigenvalue weighted by atomic mass is 10.0. The quantitative estimate of drug-likeness (QED) is 0.300. The third kappa shape index (κ3) is 5.71. The molecule has 2 aromatic carbocycles. The van der Waals surface area contributed by atoms with E-state index in [9.17, 15) is 9.59 Å². The number of imidazole rings is 2. The van der Waals surface area contributed by atoms with Crippen LogP contribution in [0, 0.1) is 17.8 Å². The fourth-order valence-corrected chi connectivity index (χ4v) is 5.03. The summed E-state index contributed by atoms with van der Waals surface area (Å²) in [5.41, 5.74) is 5.65. The van der Waals surface area contributed by atoms with Gasteiger partial charge < -0.3 is 24.9 Å². The average Bonchev–Trinajstić information content (AvgIpc) is 3.73. The summed E-state index contributed by atoms with van der Waals surface area (Å²) in [7, 11) is 1.29. The number of benzene rings is 2. The summed E-state index contributed by atoms with van der Waals surface area (Å²) in [6, 6.07) is 13.2. The predicted octanol–water partition coefficient (Wildman–Crippen LogP) is 4.96. The molecule has 0 aliphatic carbocycles. The maximum absolute atomic E-state index is 13.4. The number of amides is 2. The van der Waals surface area contributed by atoms with Crippen molar-refractivity contribution in [1.29, 1.82) is 0 Å². The molecule has 9 nitrogen and oxygen atoms in total. The van der Waals surface area contributed by atoms with Crippen molar-refractivity contribution in [1.82, 2.24) is 30.2 Å². The van der Waals surface area contributed by atoms with Crippen LogP contribution < -0.4 is 5.32 Å². The Balaban J connectivity index is 1.28. The zero-order chi connectivity index (χ0) is 28.2. The van der Waals surface area contributed by atoms with Crippen molar-refractivity contribution in [3.05, 3.63) is 71.4 Å². The summed E-state index contributed by atoms with van der Waals surface area (Å²) in [6.07, 6.45) is 3.73. The van der Waals surface area contributed by atoms with Crippen LogP contribution in [0.25, 0.3) is 22.3 Å². The number of carbonyl (C=O) groups excluding carboxylic acids is 2. The van der Waals surface area contributed by atoms with Crippen LogP contribution in [0.2, 0.25) is 0 Å². The number of nitrogens with zero attached hydrogens (tertiary/aromatic N) is 3. The molecule has 0 saturated carbocycles. The van der Waals surface area contributed by atoms with Gasteiger partial charge in [0.1, 0.15) is 17.7 Å². The number of H-pyrrole nitrogens is 2. The monoisotopic (exact) mass is 538 g/mol. The predicted molar refractivity (Wildman–Crippen MR) is 153 cm³/mol. The van der Waals surface area contributed by atoms with Crippen LogP contribution in [0.3, 0.4) is 0 Å². The molecule has 3 heterocycles. The molecule has 9 heteroatoms. The van der Waals surface area contributed by atoms with Crippen LogP contribution in [-0.2, 0) is 16.0 Å². The Morgan fingerprint density at radius 1 is 1.12 bits per heavy atom. The first kappa shape index (κ1) is 27.0. The molecule has 40 heavy (non-hydrogen) atoms. The second-order valence-electron chi connectivity index (χ2n) is 10.3. The van der Waals surface area contributed by atoms with Gasteiger partial charge in [-0.3, -0.25) is 4.79 Å². The van der Waals surface area contributed by atoms with Crippen molar-refractivity contribution >= 4 is 23.0 Å². The number of aryl methyl sites for hydroxylation is 1. The number of alkyl carbamates (subject to hydrolysis) is 1. The SMILES string of the molecule is CCc1nc2ccc(C#Cc3ccc(-c4cnc(C5CCCN5C(=O)C(NC(=O)OC)C(C)C)[nH]4)cc3)cc2[nH]1. The first-order chi connectivity index (χ1) is 19.4. The lowest BCUT2D eigenvalue weighted by Crippen LogP contribution is -2.51. The van der Waals surface area contributed by atoms with E-state index >= 15 is 0 Å². The zero-order valence-corrected chi connectivity index (χ0v) is 23.2. The van der Waals surface area contributed by atoms with E-state index in [1.807, 2.05) is 61.2 Å². The summed E-state index contributed by atoms with van der Waals surface area (Å²) < 4.78 is 4.72. The molecule has 3 N–H and O–H groups in total. The van der Waals surface area contributed by atoms with E-state index in [0.717, 1.165) is 64.3 Å². The number of carbonyl (C=O) groups is 2. The van der Waals surface area contributed by atoms with Gasteiger partial charge in [-0.05, 0) is 54.7 Å². The van der Waals surface area contributed by atoms with Crippen LogP contribution in [0.5, 0.6) is 0 Å². The van der Waals surface area contributed by atoms with E-state index in [-0.39, 0.29) is 17.9 Å². The van der Waals surface area contributed by atoms with Crippen LogP contribution in [0.1, 0.15) is 62.4 Å². The van der Waals surface area contributed by atoms with Gasteiger partial charge >= 0.3 is 6.09 Å². The largest absolute Gasteiger partial charge is 0.453 e. The smallest absolute Gasteiger partial charge is 0.407 e. The molecule has 0 bridgehead atoms. The topological polar surface area (TPSA) is 116 Å². The number of aromatic nitrogens is 4. The highest BCUT2D eigenvalue weighted by atomic mass is 16.5. The van der Waals surface area contributed by atoms with Crippen LogP contribution in [0.4, 0.5) is 4.79 Å². The minimum Gasteiger partial charge on any atom is -0.453 e. The third-order valence-electron chi connectivity index (χ3n) is 7.25. The number of aromatic amines is 2. The van der Waals surface area contributed by atoms with Gasteiger partial charge in [0.05, 0.1) is 36.1 Å². The number of ether oxygens (including phenoxy) is 1. The Hall–Kier alpha value is -4.58. The number of fused-ring (bicyclic) bond motifs is 1. The van der Waals surface area contributed by atoms with Crippen LogP contribution >= 0.6 is 0 Å². The van der Waals surface area contributed by atoms with Crippen molar-refractivity contribution in [2.75, 3.05) is 13.7 Å². The number of hydrogen-bond donors (Lipinski definition) is 3. The first-order valence-electron chi connectivity index (χ1n) is 13.7. The highest BCUT2D eigenvalue weighted by Gasteiger charge is 2.37. The fourth-order valence-electron chi connectivity index (χ4n) is 5.03. The number of hydrogen-bond acceptors (Lipinski definition) is 5. The molecule has 2 unspecified atom stereocenters. The second-order valence-corrected chi connectivity index (χ2v) is 10.3. The molecule has 4 aromatic rings. The Morgan fingerprint density at radius 2 is 1.88 bits per heavy atom. The Kier molecular flexibility index (Phi) is 7.87. The van der Waals surface area contributed by atoms with E-state index < -0.39 is 12.1 Å². The van der Waals surface area contributed by atoms with Gasteiger partial charge in [0.2, 0.25) is 5.91 Å². The summed E-state index contributed by atoms with van der Waals surface area (Å²) in [5, 5.41) is 2.68. The highest BCUT2D eigenvalue weighted by molar-refractivity contribution is 5.86. The van der Waals surface area contributed by atoms with E-state index in [0.29, 0.717) is 6.54 Å². The van der Waals surface area contributed by atoms with E-state index in [4.69, 9.17) is 4.74 Å². The summed E-state index contributed by atoms with van der Waals surface area (Å²) in [5.74, 6) is 7.99. The van der Waals surface area contributed by atoms with E-state index in [1.165, 1.54) is 7.11 Å². The lowest BCUT2D eigenvalue weighted by Gasteiger charge is -2.30. The van der Waals surface area contributed by atoms with Crippen LogP contribution in [0.15, 0.2) is 48.7 Å². The van der Waals surface area contributed by atoms with Crippen molar-refractivity contribution < 1.29 is 14.3 Å². The zero-order valence-electron chi connectivity index (χ0n) is 23.2. The standard InChI is InChI=1S/C31H34N6O3/c1-5-27-33-23-15-12-21(17-24(23)34-27)9-8-20-10-13-22(14-11-20)25-18-32-29(35-25)26-7-6-16-37(26)30(38)28(19(2)3)36-31(39)40-4/h10-15,17-19,26,28H,5-7,16H2,1-4H3,(H,32,35)(H,33,34)(H,36,39). The van der Waals surface area contributed by atoms with Gasteiger partial charge in [0.15, 0.2) is 0 Å². The number of likely N-dealkylation sites (tertiary alicyclic amines) is 1. The van der Waals surface area contributed by atoms with Crippen molar-refractivity contribution in [3.63, 3.8) is 0 Å². The van der Waals surface area contributed by atoms with Crippen molar-refractivity contribution in [2.24, 2.45) is 5.92 Å². The number of rotatable bonds is 6.